The van der Waals surface area contributed by atoms with Gasteiger partial charge in [0.15, 0.2) is 0 Å². The van der Waals surface area contributed by atoms with Gasteiger partial charge in [-0.15, -0.1) is 0 Å². The molecule has 0 radical (unpaired) electrons. The van der Waals surface area contributed by atoms with Crippen molar-refractivity contribution in [1.82, 2.24) is 0 Å². The van der Waals surface area contributed by atoms with E-state index in [0.717, 1.165) is 5.56 Å². The molecule has 1 aliphatic rings. The van der Waals surface area contributed by atoms with E-state index in [2.05, 4.69) is 0 Å². The first-order valence-corrected chi connectivity index (χ1v) is 6.42. The highest BCUT2D eigenvalue weighted by Crippen LogP contribution is 2.48. The van der Waals surface area contributed by atoms with E-state index in [1.54, 1.807) is 30.3 Å². The van der Waals surface area contributed by atoms with E-state index in [1.807, 2.05) is 18.2 Å². The third-order valence-corrected chi connectivity index (χ3v) is 4.01. The van der Waals surface area contributed by atoms with Crippen LogP contribution in [0.25, 0.3) is 11.1 Å². The van der Waals surface area contributed by atoms with Crippen LogP contribution in [0.5, 0.6) is 5.75 Å². The molecular weight excluding hydrogens is 223 g/mol. The van der Waals surface area contributed by atoms with Crippen LogP contribution in [0.1, 0.15) is 0 Å². The second-order valence-corrected chi connectivity index (χ2v) is 5.26. The highest BCUT2D eigenvalue weighted by atomic mass is 31.2. The summed E-state index contributed by atoms with van der Waals surface area (Å²) in [5, 5.41) is 0.258. The zero-order valence-corrected chi connectivity index (χ0v) is 9.19. The van der Waals surface area contributed by atoms with E-state index in [0.29, 0.717) is 11.3 Å². The summed E-state index contributed by atoms with van der Waals surface area (Å²) < 4.78 is 16.9. The average Bonchev–Trinajstić information content (AvgIpc) is 2.29. The van der Waals surface area contributed by atoms with Gasteiger partial charge in [0.25, 0.3) is 0 Å². The molecular formula is C12H8O3P-. The molecule has 0 amide bonds. The van der Waals surface area contributed by atoms with Crippen LogP contribution in [0.2, 0.25) is 0 Å². The second-order valence-electron chi connectivity index (χ2n) is 3.60. The van der Waals surface area contributed by atoms with E-state index in [-0.39, 0.29) is 5.30 Å². The quantitative estimate of drug-likeness (QED) is 0.651. The van der Waals surface area contributed by atoms with Gasteiger partial charge in [0.05, 0.1) is 0 Å². The Balaban J connectivity index is 2.38. The molecule has 3 rings (SSSR count). The molecule has 2 aromatic rings. The van der Waals surface area contributed by atoms with Gasteiger partial charge in [0.1, 0.15) is 5.75 Å². The van der Waals surface area contributed by atoms with E-state index in [9.17, 15) is 9.46 Å². The minimum Gasteiger partial charge on any atom is -0.765 e. The molecule has 16 heavy (non-hydrogen) atoms. The molecule has 0 spiro atoms. The standard InChI is InChI=1S/C12H9O3P/c13-16(14)12-8-4-2-6-10(12)9-5-1-3-7-11(9)15-16/h1-8H,(H,13,14)/p-1. The summed E-state index contributed by atoms with van der Waals surface area (Å²) in [6.45, 7) is 0. The number of hydrogen-bond donors (Lipinski definition) is 0. The summed E-state index contributed by atoms with van der Waals surface area (Å²) in [5.41, 5.74) is 1.53. The predicted octanol–water partition coefficient (Wildman–Crippen LogP) is 1.92. The molecule has 1 atom stereocenters. The fourth-order valence-electron chi connectivity index (χ4n) is 1.89. The number of hydrogen-bond acceptors (Lipinski definition) is 3. The largest absolute Gasteiger partial charge is 0.765 e. The van der Waals surface area contributed by atoms with Gasteiger partial charge in [-0.1, -0.05) is 36.4 Å². The normalized spacial score (nSPS) is 21.8. The Morgan fingerprint density at radius 1 is 0.938 bits per heavy atom. The summed E-state index contributed by atoms with van der Waals surface area (Å²) in [6, 6.07) is 14.0. The van der Waals surface area contributed by atoms with Crippen LogP contribution in [-0.2, 0) is 4.57 Å². The molecule has 0 saturated heterocycles. The summed E-state index contributed by atoms with van der Waals surface area (Å²) in [5.74, 6) is 0.402. The third-order valence-electron chi connectivity index (χ3n) is 2.59. The van der Waals surface area contributed by atoms with E-state index in [4.69, 9.17) is 4.52 Å². The Morgan fingerprint density at radius 3 is 2.38 bits per heavy atom. The Bertz CT molecular complexity index is 607. The molecule has 0 saturated carbocycles. The van der Waals surface area contributed by atoms with Crippen molar-refractivity contribution in [2.45, 2.75) is 0 Å². The summed E-state index contributed by atoms with van der Waals surface area (Å²) in [4.78, 5) is 11.8. The van der Waals surface area contributed by atoms with Crippen molar-refractivity contribution in [3.63, 3.8) is 0 Å². The molecule has 2 aromatic carbocycles. The maximum Gasteiger partial charge on any atom is 0.214 e. The maximum atomic E-state index is 11.8. The Morgan fingerprint density at radius 2 is 1.56 bits per heavy atom. The van der Waals surface area contributed by atoms with Crippen molar-refractivity contribution < 1.29 is 14.0 Å². The van der Waals surface area contributed by atoms with Gasteiger partial charge < -0.3 is 9.42 Å². The lowest BCUT2D eigenvalue weighted by Gasteiger charge is -2.31. The van der Waals surface area contributed by atoms with Gasteiger partial charge in [-0.2, -0.15) is 0 Å². The average molecular weight is 231 g/mol. The SMILES string of the molecule is O=P1([O-])Oc2ccccc2-c2ccccc21. The van der Waals surface area contributed by atoms with Crippen LogP contribution in [0.3, 0.4) is 0 Å². The van der Waals surface area contributed by atoms with E-state index in [1.165, 1.54) is 0 Å². The molecule has 0 fully saturated rings. The highest BCUT2D eigenvalue weighted by Gasteiger charge is 2.26. The molecule has 1 heterocycles. The van der Waals surface area contributed by atoms with Crippen LogP contribution in [0.15, 0.2) is 48.5 Å². The van der Waals surface area contributed by atoms with Crippen LogP contribution in [0, 0.1) is 0 Å². The first-order valence-electron chi connectivity index (χ1n) is 4.88. The number of para-hydroxylation sites is 1. The lowest BCUT2D eigenvalue weighted by molar-refractivity contribution is -0.186. The van der Waals surface area contributed by atoms with Crippen LogP contribution in [0.4, 0.5) is 0 Å². The Hall–Kier alpha value is -1.57. The van der Waals surface area contributed by atoms with Gasteiger partial charge in [-0.3, -0.25) is 4.57 Å². The van der Waals surface area contributed by atoms with Gasteiger partial charge in [0.2, 0.25) is 7.60 Å². The predicted molar refractivity (Wildman–Crippen MR) is 59.7 cm³/mol. The zero-order valence-electron chi connectivity index (χ0n) is 8.29. The van der Waals surface area contributed by atoms with Gasteiger partial charge in [-0.05, 0) is 17.7 Å². The first-order chi connectivity index (χ1) is 7.68. The molecule has 80 valence electrons. The summed E-state index contributed by atoms with van der Waals surface area (Å²) >= 11 is 0. The summed E-state index contributed by atoms with van der Waals surface area (Å²) in [7, 11) is -3.96. The first kappa shape index (κ1) is 9.64. The van der Waals surface area contributed by atoms with Crippen molar-refractivity contribution in [2.24, 2.45) is 0 Å². The number of benzene rings is 2. The van der Waals surface area contributed by atoms with Crippen molar-refractivity contribution in [2.75, 3.05) is 0 Å². The Labute approximate surface area is 92.9 Å². The smallest absolute Gasteiger partial charge is 0.214 e. The monoisotopic (exact) mass is 231 g/mol. The molecule has 4 heteroatoms. The number of fused-ring (bicyclic) bond motifs is 3. The molecule has 0 aliphatic carbocycles. The highest BCUT2D eigenvalue weighted by molar-refractivity contribution is 7.60. The molecule has 0 bridgehead atoms. The fourth-order valence-corrected chi connectivity index (χ4v) is 3.16. The maximum absolute atomic E-state index is 11.8. The molecule has 0 N–H and O–H groups in total. The van der Waals surface area contributed by atoms with Crippen LogP contribution >= 0.6 is 7.60 Å². The van der Waals surface area contributed by atoms with Crippen molar-refractivity contribution in [1.29, 1.82) is 0 Å². The zero-order chi connectivity index (χ0) is 11.2. The van der Waals surface area contributed by atoms with Crippen molar-refractivity contribution in [3.05, 3.63) is 48.5 Å². The van der Waals surface area contributed by atoms with Gasteiger partial charge in [-0.25, -0.2) is 0 Å². The minimum atomic E-state index is -3.96. The third kappa shape index (κ3) is 1.29. The topological polar surface area (TPSA) is 49.4 Å². The minimum absolute atomic E-state index is 0.258. The lowest BCUT2D eigenvalue weighted by Crippen LogP contribution is -2.24. The van der Waals surface area contributed by atoms with E-state index < -0.39 is 7.60 Å². The molecule has 0 aromatic heterocycles. The van der Waals surface area contributed by atoms with Crippen LogP contribution in [-0.4, -0.2) is 0 Å². The van der Waals surface area contributed by atoms with Crippen molar-refractivity contribution >= 4 is 12.9 Å². The summed E-state index contributed by atoms with van der Waals surface area (Å²) in [6.07, 6.45) is 0. The fraction of sp³-hybridized carbons (Fsp3) is 0. The van der Waals surface area contributed by atoms with Crippen molar-refractivity contribution in [3.8, 4) is 16.9 Å². The van der Waals surface area contributed by atoms with Gasteiger partial charge in [0, 0.05) is 10.9 Å². The Kier molecular flexibility index (Phi) is 1.93. The molecule has 3 nitrogen and oxygen atoms in total. The number of rotatable bonds is 0. The second kappa shape index (κ2) is 3.21. The van der Waals surface area contributed by atoms with E-state index >= 15 is 0 Å². The van der Waals surface area contributed by atoms with Gasteiger partial charge >= 0.3 is 0 Å². The lowest BCUT2D eigenvalue weighted by atomic mass is 10.0. The molecule has 1 aliphatic heterocycles. The van der Waals surface area contributed by atoms with Crippen LogP contribution < -0.4 is 14.7 Å². The molecule has 1 unspecified atom stereocenters.